The molecule has 3 rings (SSSR count). The molecule has 2 amide bonds. The highest BCUT2D eigenvalue weighted by Gasteiger charge is 2.21. The van der Waals surface area contributed by atoms with Gasteiger partial charge in [-0.15, -0.1) is 0 Å². The van der Waals surface area contributed by atoms with Crippen LogP contribution in [-0.4, -0.2) is 26.5 Å². The molecule has 2 N–H and O–H groups in total. The molecular weight excluding hydrogens is 422 g/mol. The van der Waals surface area contributed by atoms with Crippen LogP contribution in [0.25, 0.3) is 0 Å². The molecule has 0 radical (unpaired) electrons. The minimum absolute atomic E-state index is 0.0215. The third-order valence-corrected chi connectivity index (χ3v) is 5.35. The van der Waals surface area contributed by atoms with E-state index in [9.17, 15) is 19.7 Å². The van der Waals surface area contributed by atoms with E-state index >= 15 is 0 Å². The summed E-state index contributed by atoms with van der Waals surface area (Å²) < 4.78 is 1.59. The molecule has 1 aromatic heterocycles. The zero-order valence-corrected chi connectivity index (χ0v) is 19.3. The Hall–Kier alpha value is -4.01. The van der Waals surface area contributed by atoms with Crippen molar-refractivity contribution in [2.24, 2.45) is 5.92 Å². The van der Waals surface area contributed by atoms with Crippen LogP contribution in [0.3, 0.4) is 0 Å². The number of carbonyl (C=O) groups excluding carboxylic acids is 2. The van der Waals surface area contributed by atoms with Crippen molar-refractivity contribution in [3.05, 3.63) is 80.7 Å². The lowest BCUT2D eigenvalue weighted by molar-refractivity contribution is -0.386. The molecule has 0 unspecified atom stereocenters. The third kappa shape index (κ3) is 5.43. The SMILES string of the molecule is Cc1ccc(NC(=O)C(C)C)cc1NC(=O)c1ccc(Cn2nc(C)c([N+](=O)[O-])c2C)cc1. The van der Waals surface area contributed by atoms with E-state index in [1.54, 1.807) is 54.9 Å². The predicted octanol–water partition coefficient (Wildman–Crippen LogP) is 4.61. The van der Waals surface area contributed by atoms with Gasteiger partial charge in [-0.05, 0) is 56.2 Å². The molecule has 0 saturated heterocycles. The van der Waals surface area contributed by atoms with E-state index in [1.165, 1.54) is 0 Å². The molecule has 1 heterocycles. The predicted molar refractivity (Wildman–Crippen MR) is 126 cm³/mol. The number of anilines is 2. The van der Waals surface area contributed by atoms with Crippen LogP contribution in [-0.2, 0) is 11.3 Å². The lowest BCUT2D eigenvalue weighted by Gasteiger charge is -2.13. The summed E-state index contributed by atoms with van der Waals surface area (Å²) in [6.07, 6.45) is 0. The largest absolute Gasteiger partial charge is 0.326 e. The molecule has 33 heavy (non-hydrogen) atoms. The van der Waals surface area contributed by atoms with E-state index in [0.29, 0.717) is 34.9 Å². The fourth-order valence-corrected chi connectivity index (χ4v) is 3.36. The molecule has 0 saturated carbocycles. The number of hydrogen-bond acceptors (Lipinski definition) is 5. The van der Waals surface area contributed by atoms with Crippen LogP contribution < -0.4 is 10.6 Å². The molecule has 0 aliphatic carbocycles. The monoisotopic (exact) mass is 449 g/mol. The highest BCUT2D eigenvalue weighted by atomic mass is 16.6. The van der Waals surface area contributed by atoms with E-state index in [0.717, 1.165) is 11.1 Å². The van der Waals surface area contributed by atoms with E-state index < -0.39 is 4.92 Å². The van der Waals surface area contributed by atoms with Gasteiger partial charge in [-0.25, -0.2) is 0 Å². The number of rotatable bonds is 7. The van der Waals surface area contributed by atoms with Gasteiger partial charge in [0.1, 0.15) is 11.4 Å². The van der Waals surface area contributed by atoms with E-state index in [-0.39, 0.29) is 23.4 Å². The molecule has 0 spiro atoms. The summed E-state index contributed by atoms with van der Waals surface area (Å²) in [6.45, 7) is 9.14. The quantitative estimate of drug-likeness (QED) is 0.403. The number of amides is 2. The second-order valence-corrected chi connectivity index (χ2v) is 8.26. The standard InChI is InChI=1S/C24H27N5O4/c1-14(2)23(30)25-20-11-6-15(3)21(12-20)26-24(31)19-9-7-18(8-10-19)13-28-17(5)22(29(32)33)16(4)27-28/h6-12,14H,13H2,1-5H3,(H,25,30)(H,26,31). The van der Waals surface area contributed by atoms with Gasteiger partial charge in [0.25, 0.3) is 5.91 Å². The molecule has 0 atom stereocenters. The lowest BCUT2D eigenvalue weighted by atomic mass is 10.1. The normalized spacial score (nSPS) is 10.8. The zero-order chi connectivity index (χ0) is 24.3. The first-order valence-electron chi connectivity index (χ1n) is 10.6. The van der Waals surface area contributed by atoms with Gasteiger partial charge >= 0.3 is 5.69 Å². The van der Waals surface area contributed by atoms with Crippen LogP contribution in [0, 0.1) is 36.8 Å². The van der Waals surface area contributed by atoms with Crippen LogP contribution in [0.1, 0.15) is 46.7 Å². The summed E-state index contributed by atoms with van der Waals surface area (Å²) in [5.41, 5.74) is 4.30. The van der Waals surface area contributed by atoms with E-state index in [2.05, 4.69) is 15.7 Å². The Kier molecular flexibility index (Phi) is 6.91. The highest BCUT2D eigenvalue weighted by molar-refractivity contribution is 6.05. The molecule has 0 bridgehead atoms. The number of hydrogen-bond donors (Lipinski definition) is 2. The Labute approximate surface area is 192 Å². The van der Waals surface area contributed by atoms with Crippen molar-refractivity contribution < 1.29 is 14.5 Å². The summed E-state index contributed by atoms with van der Waals surface area (Å²) in [7, 11) is 0. The van der Waals surface area contributed by atoms with Crippen molar-refractivity contribution in [1.82, 2.24) is 9.78 Å². The molecule has 9 heteroatoms. The van der Waals surface area contributed by atoms with Gasteiger partial charge in [0.05, 0.1) is 11.5 Å². The molecule has 172 valence electrons. The van der Waals surface area contributed by atoms with Gasteiger partial charge in [-0.2, -0.15) is 5.10 Å². The summed E-state index contributed by atoms with van der Waals surface area (Å²) in [6, 6.07) is 12.4. The van der Waals surface area contributed by atoms with Gasteiger partial charge in [0.15, 0.2) is 0 Å². The molecule has 2 aromatic carbocycles. The van der Waals surface area contributed by atoms with Crippen molar-refractivity contribution in [2.45, 2.75) is 41.2 Å². The van der Waals surface area contributed by atoms with Crippen molar-refractivity contribution >= 4 is 28.9 Å². The Morgan fingerprint density at radius 2 is 1.73 bits per heavy atom. The second-order valence-electron chi connectivity index (χ2n) is 8.26. The first-order chi connectivity index (χ1) is 15.6. The minimum atomic E-state index is -0.424. The van der Waals surface area contributed by atoms with Gasteiger partial charge in [-0.3, -0.25) is 24.4 Å². The zero-order valence-electron chi connectivity index (χ0n) is 19.3. The number of aryl methyl sites for hydroxylation is 2. The molecular formula is C24H27N5O4. The van der Waals surface area contributed by atoms with Crippen molar-refractivity contribution in [3.8, 4) is 0 Å². The van der Waals surface area contributed by atoms with Crippen molar-refractivity contribution in [3.63, 3.8) is 0 Å². The maximum atomic E-state index is 12.8. The van der Waals surface area contributed by atoms with Crippen LogP contribution >= 0.6 is 0 Å². The van der Waals surface area contributed by atoms with Crippen LogP contribution in [0.15, 0.2) is 42.5 Å². The number of aromatic nitrogens is 2. The van der Waals surface area contributed by atoms with E-state index in [1.807, 2.05) is 26.8 Å². The third-order valence-electron chi connectivity index (χ3n) is 5.35. The smallest absolute Gasteiger partial charge is 0.312 e. The van der Waals surface area contributed by atoms with Crippen LogP contribution in [0.2, 0.25) is 0 Å². The van der Waals surface area contributed by atoms with Gasteiger partial charge in [0.2, 0.25) is 5.91 Å². The van der Waals surface area contributed by atoms with Gasteiger partial charge < -0.3 is 10.6 Å². The lowest BCUT2D eigenvalue weighted by Crippen LogP contribution is -2.18. The Morgan fingerprint density at radius 3 is 2.30 bits per heavy atom. The number of nitrogens with one attached hydrogen (secondary N) is 2. The molecule has 0 aliphatic rings. The Balaban J connectivity index is 1.72. The van der Waals surface area contributed by atoms with Crippen molar-refractivity contribution in [2.75, 3.05) is 10.6 Å². The number of nitrogens with zero attached hydrogens (tertiary/aromatic N) is 3. The Morgan fingerprint density at radius 1 is 1.06 bits per heavy atom. The summed E-state index contributed by atoms with van der Waals surface area (Å²) in [4.78, 5) is 35.5. The summed E-state index contributed by atoms with van der Waals surface area (Å²) in [5, 5.41) is 21.2. The maximum Gasteiger partial charge on any atom is 0.312 e. The fraction of sp³-hybridized carbons (Fsp3) is 0.292. The number of benzene rings is 2. The topological polar surface area (TPSA) is 119 Å². The van der Waals surface area contributed by atoms with Crippen molar-refractivity contribution in [1.29, 1.82) is 0 Å². The first-order valence-corrected chi connectivity index (χ1v) is 10.6. The Bertz CT molecular complexity index is 1210. The minimum Gasteiger partial charge on any atom is -0.326 e. The van der Waals surface area contributed by atoms with Gasteiger partial charge in [0, 0.05) is 22.9 Å². The van der Waals surface area contributed by atoms with Gasteiger partial charge in [-0.1, -0.05) is 32.0 Å². The molecule has 9 nitrogen and oxygen atoms in total. The molecule has 0 aliphatic heterocycles. The van der Waals surface area contributed by atoms with E-state index in [4.69, 9.17) is 0 Å². The molecule has 0 fully saturated rings. The van der Waals surface area contributed by atoms with Crippen LogP contribution in [0.5, 0.6) is 0 Å². The maximum absolute atomic E-state index is 12.8. The molecule has 3 aromatic rings. The highest BCUT2D eigenvalue weighted by Crippen LogP contribution is 2.24. The first kappa shape index (κ1) is 23.6. The number of nitro groups is 1. The summed E-state index contributed by atoms with van der Waals surface area (Å²) in [5.74, 6) is -0.526. The second kappa shape index (κ2) is 9.64. The summed E-state index contributed by atoms with van der Waals surface area (Å²) >= 11 is 0. The van der Waals surface area contributed by atoms with Crippen LogP contribution in [0.4, 0.5) is 17.1 Å². The number of carbonyl (C=O) groups is 2. The fourth-order valence-electron chi connectivity index (χ4n) is 3.36. The average molecular weight is 450 g/mol. The average Bonchev–Trinajstić information content (AvgIpc) is 3.03.